The first-order chi connectivity index (χ1) is 17.0. The van der Waals surface area contributed by atoms with E-state index < -0.39 is 48.8 Å². The summed E-state index contributed by atoms with van der Waals surface area (Å²) in [6, 6.07) is 10.1. The van der Waals surface area contributed by atoms with Crippen LogP contribution in [0.2, 0.25) is 0 Å². The summed E-state index contributed by atoms with van der Waals surface area (Å²) in [5.41, 5.74) is -0.754. The van der Waals surface area contributed by atoms with E-state index in [1.54, 1.807) is 65.9 Å². The second-order valence-corrected chi connectivity index (χ2v) is 12.8. The Kier molecular flexibility index (Phi) is 8.51. The van der Waals surface area contributed by atoms with Crippen molar-refractivity contribution in [2.75, 3.05) is 6.61 Å². The summed E-state index contributed by atoms with van der Waals surface area (Å²) < 4.78 is 56.9. The van der Waals surface area contributed by atoms with Crippen molar-refractivity contribution in [1.82, 2.24) is 4.57 Å². The fraction of sp³-hybridized carbons (Fsp3) is 0.407. The van der Waals surface area contributed by atoms with Gasteiger partial charge in [0.25, 0.3) is 0 Å². The molecule has 0 unspecified atom stereocenters. The normalized spacial score (nSPS) is 12.6. The van der Waals surface area contributed by atoms with E-state index in [4.69, 9.17) is 14.2 Å². The van der Waals surface area contributed by atoms with Crippen LogP contribution in [-0.4, -0.2) is 32.7 Å². The van der Waals surface area contributed by atoms with Gasteiger partial charge in [0.2, 0.25) is 0 Å². The van der Waals surface area contributed by atoms with Crippen LogP contribution in [0.5, 0.6) is 5.75 Å². The molecule has 6 nitrogen and oxygen atoms in total. The first kappa shape index (κ1) is 28.8. The Labute approximate surface area is 223 Å². The van der Waals surface area contributed by atoms with Gasteiger partial charge in [0.1, 0.15) is 0 Å². The zero-order valence-corrected chi connectivity index (χ0v) is 23.6. The monoisotopic (exact) mass is 702 g/mol. The van der Waals surface area contributed by atoms with Crippen molar-refractivity contribution in [2.45, 2.75) is 65.3 Å². The topological polar surface area (TPSA) is 66.8 Å². The zero-order valence-electron chi connectivity index (χ0n) is 21.5. The van der Waals surface area contributed by atoms with E-state index in [1.165, 1.54) is 16.7 Å². The maximum absolute atomic E-state index is 12.8. The van der Waals surface area contributed by atoms with Crippen molar-refractivity contribution < 1.29 is 56.7 Å². The molecule has 0 saturated heterocycles. The molecule has 205 valence electrons. The van der Waals surface area contributed by atoms with Gasteiger partial charge in [0.05, 0.1) is 0 Å². The zero-order chi connectivity index (χ0) is 27.6. The second-order valence-electron chi connectivity index (χ2n) is 10.3. The number of rotatable bonds is 6. The second kappa shape index (κ2) is 10.9. The molecule has 1 aromatic heterocycles. The third-order valence-corrected chi connectivity index (χ3v) is 6.86. The molecule has 3 rings (SSSR count). The summed E-state index contributed by atoms with van der Waals surface area (Å²) in [4.78, 5) is 25.4. The summed E-state index contributed by atoms with van der Waals surface area (Å²) in [6.45, 7) is 10.9. The van der Waals surface area contributed by atoms with Gasteiger partial charge < -0.3 is 0 Å². The summed E-state index contributed by atoms with van der Waals surface area (Å²) >= 11 is -1.12. The molecule has 0 aliphatic heterocycles. The van der Waals surface area contributed by atoms with Crippen LogP contribution in [-0.2, 0) is 41.8 Å². The van der Waals surface area contributed by atoms with Gasteiger partial charge in [-0.25, -0.2) is 0 Å². The van der Waals surface area contributed by atoms with Gasteiger partial charge in [-0.3, -0.25) is 0 Å². The molecule has 1 heterocycles. The van der Waals surface area contributed by atoms with Gasteiger partial charge in [0.15, 0.2) is 0 Å². The Morgan fingerprint density at radius 1 is 0.892 bits per heavy atom. The summed E-state index contributed by atoms with van der Waals surface area (Å²) in [5, 5.41) is 0.672. The van der Waals surface area contributed by atoms with Crippen LogP contribution in [0.25, 0.3) is 10.9 Å². The van der Waals surface area contributed by atoms with Crippen LogP contribution >= 0.6 is 0 Å². The van der Waals surface area contributed by atoms with E-state index in [-0.39, 0.29) is 10.8 Å². The van der Waals surface area contributed by atoms with Crippen LogP contribution in [0, 0.1) is 0 Å². The van der Waals surface area contributed by atoms with Gasteiger partial charge in [-0.15, -0.1) is 0 Å². The molecule has 0 aliphatic carbocycles. The van der Waals surface area contributed by atoms with Crippen LogP contribution in [0.15, 0.2) is 48.7 Å². The van der Waals surface area contributed by atoms with E-state index in [9.17, 15) is 22.8 Å². The number of fused-ring (bicyclic) bond motifs is 1. The molecule has 0 spiro atoms. The first-order valence-corrected chi connectivity index (χ1v) is 13.7. The number of halogens is 3. The minimum absolute atomic E-state index is 0.235. The van der Waals surface area contributed by atoms with Crippen molar-refractivity contribution >= 4 is 25.0 Å². The number of nitrogens with zero attached hydrogens (tertiary/aromatic N) is 1. The number of aromatic nitrogens is 1. The molecule has 0 aliphatic rings. The molecule has 0 radical (unpaired) electrons. The van der Waals surface area contributed by atoms with E-state index in [0.29, 0.717) is 32.4 Å². The van der Waals surface area contributed by atoms with E-state index in [0.717, 1.165) is 12.1 Å². The average Bonchev–Trinajstić information content (AvgIpc) is 3.09. The molecular formula is C27H30AuF3NO5. The van der Waals surface area contributed by atoms with Crippen LogP contribution < -0.4 is 8.52 Å². The van der Waals surface area contributed by atoms with Gasteiger partial charge >= 0.3 is 211 Å². The van der Waals surface area contributed by atoms with Gasteiger partial charge in [-0.1, -0.05) is 0 Å². The molecule has 0 saturated carbocycles. The van der Waals surface area contributed by atoms with Gasteiger partial charge in [-0.05, 0) is 0 Å². The fourth-order valence-electron chi connectivity index (χ4n) is 3.20. The van der Waals surface area contributed by atoms with Crippen molar-refractivity contribution in [2.24, 2.45) is 0 Å². The maximum atomic E-state index is 12.8. The molecule has 0 bridgehead atoms. The SMILES string of the molecule is CC(C)(C)O[C](=O)[Au][c]1cn(C(=O)OC(C)(C)C)c2ccc(OCCc3ccc(C(F)(F)F)cc3)cc12. The number of benzene rings is 2. The third-order valence-electron chi connectivity index (χ3n) is 4.75. The van der Waals surface area contributed by atoms with Gasteiger partial charge in [0, 0.05) is 0 Å². The molecule has 0 fully saturated rings. The molecule has 3 aromatic rings. The average molecular weight is 703 g/mol. The van der Waals surface area contributed by atoms with E-state index in [1.807, 2.05) is 0 Å². The van der Waals surface area contributed by atoms with Gasteiger partial charge in [-0.2, -0.15) is 13.2 Å². The number of hydrogen-bond donors (Lipinski definition) is 0. The molecule has 0 N–H and O–H groups in total. The molecule has 2 aromatic carbocycles. The predicted octanol–water partition coefficient (Wildman–Crippen LogP) is 6.71. The Hall–Kier alpha value is -2.75. The standard InChI is InChI=1S/C22H21F3NO3.C5H9O2.Au/c1-21(2,3)29-20(27)26-12-10-16-14-18(8-9-19(16)26)28-13-11-15-4-6-17(7-5-15)22(23,24)25;1-5(2,3)7-4-6;/h4-9,12,14H,11,13H2,1-3H3;1-3H3;. The predicted molar refractivity (Wildman–Crippen MR) is 130 cm³/mol. The molecule has 0 amide bonds. The number of carbonyl (C=O) groups is 2. The Morgan fingerprint density at radius 3 is 2.08 bits per heavy atom. The third kappa shape index (κ3) is 8.38. The summed E-state index contributed by atoms with van der Waals surface area (Å²) in [6.07, 6.45) is -2.92. The number of carbonyl (C=O) groups excluding carboxylic acids is 2. The van der Waals surface area contributed by atoms with Crippen molar-refractivity contribution in [3.05, 3.63) is 59.8 Å². The molecular weight excluding hydrogens is 672 g/mol. The summed E-state index contributed by atoms with van der Waals surface area (Å²) in [5.74, 6) is 0.508. The first-order valence-electron chi connectivity index (χ1n) is 11.5. The molecule has 0 atom stereocenters. The Bertz CT molecular complexity index is 1270. The van der Waals surface area contributed by atoms with Crippen molar-refractivity contribution in [3.63, 3.8) is 0 Å². The van der Waals surface area contributed by atoms with Crippen LogP contribution in [0.4, 0.5) is 22.8 Å². The quantitative estimate of drug-likeness (QED) is 0.268. The van der Waals surface area contributed by atoms with Crippen LogP contribution in [0.3, 0.4) is 0 Å². The van der Waals surface area contributed by atoms with E-state index in [2.05, 4.69) is 0 Å². The fourth-order valence-corrected chi connectivity index (χ4v) is 5.60. The number of hydrogen-bond acceptors (Lipinski definition) is 5. The molecule has 37 heavy (non-hydrogen) atoms. The summed E-state index contributed by atoms with van der Waals surface area (Å²) in [7, 11) is 0. The van der Waals surface area contributed by atoms with Crippen molar-refractivity contribution in [3.8, 4) is 5.75 Å². The number of alkyl halides is 3. The number of ether oxygens (including phenoxy) is 3. The Morgan fingerprint density at radius 2 is 1.51 bits per heavy atom. The minimum atomic E-state index is -4.38. The van der Waals surface area contributed by atoms with Crippen molar-refractivity contribution in [1.29, 1.82) is 0 Å². The molecule has 10 heteroatoms. The van der Waals surface area contributed by atoms with E-state index >= 15 is 0 Å². The van der Waals surface area contributed by atoms with Crippen LogP contribution in [0.1, 0.15) is 52.7 Å². The Balaban J connectivity index is 1.82.